The van der Waals surface area contributed by atoms with Crippen LogP contribution in [0.3, 0.4) is 0 Å². The van der Waals surface area contributed by atoms with Crippen molar-refractivity contribution in [3.8, 4) is 0 Å². The Morgan fingerprint density at radius 1 is 1.06 bits per heavy atom. The van der Waals surface area contributed by atoms with Gasteiger partial charge in [-0.25, -0.2) is 0 Å². The Hall–Kier alpha value is -1.46. The van der Waals surface area contributed by atoms with Crippen LogP contribution in [0.5, 0.6) is 0 Å². The van der Waals surface area contributed by atoms with Crippen molar-refractivity contribution in [3.05, 3.63) is 30.6 Å². The highest BCUT2D eigenvalue weighted by Crippen LogP contribution is 2.21. The van der Waals surface area contributed by atoms with Gasteiger partial charge in [-0.05, 0) is 17.6 Å². The highest BCUT2D eigenvalue weighted by molar-refractivity contribution is 6.61. The first kappa shape index (κ1) is 11.6. The molecule has 4 nitrogen and oxygen atoms in total. The van der Waals surface area contributed by atoms with Gasteiger partial charge in [0.25, 0.3) is 0 Å². The predicted molar refractivity (Wildman–Crippen MR) is 70.6 cm³/mol. The fourth-order valence-corrected chi connectivity index (χ4v) is 2.01. The molecule has 0 atom stereocenters. The van der Waals surface area contributed by atoms with E-state index in [9.17, 15) is 0 Å². The van der Waals surface area contributed by atoms with E-state index < -0.39 is 0 Å². The van der Waals surface area contributed by atoms with Crippen molar-refractivity contribution in [3.63, 3.8) is 0 Å². The van der Waals surface area contributed by atoms with Crippen LogP contribution in [-0.4, -0.2) is 30.3 Å². The molecule has 5 heteroatoms. The normalized spacial score (nSPS) is 19.1. The van der Waals surface area contributed by atoms with Gasteiger partial charge in [0.05, 0.1) is 11.0 Å². The van der Waals surface area contributed by atoms with E-state index in [1.54, 1.807) is 12.4 Å². The van der Waals surface area contributed by atoms with Crippen molar-refractivity contribution in [1.29, 1.82) is 0 Å². The molecule has 0 unspecified atom stereocenters. The van der Waals surface area contributed by atoms with E-state index in [2.05, 4.69) is 23.8 Å². The molecule has 0 spiro atoms. The van der Waals surface area contributed by atoms with Crippen LogP contribution in [0.1, 0.15) is 13.8 Å². The zero-order chi connectivity index (χ0) is 12.6. The lowest BCUT2D eigenvalue weighted by Gasteiger charge is -2.33. The van der Waals surface area contributed by atoms with E-state index >= 15 is 0 Å². The third-order valence-electron chi connectivity index (χ3n) is 3.02. The van der Waals surface area contributed by atoms with Crippen LogP contribution in [0, 0.1) is 5.41 Å². The maximum absolute atomic E-state index is 5.76. The van der Waals surface area contributed by atoms with Gasteiger partial charge in [0, 0.05) is 31.0 Å². The number of nitrogens with zero attached hydrogens (tertiary/aromatic N) is 2. The predicted octanol–water partition coefficient (Wildman–Crippen LogP) is 1.40. The number of fused-ring (bicyclic) bond motifs is 1. The van der Waals surface area contributed by atoms with Crippen LogP contribution < -0.4 is 5.46 Å². The Kier molecular flexibility index (Phi) is 2.80. The zero-order valence-electron chi connectivity index (χ0n) is 10.6. The molecule has 2 aromatic rings. The third kappa shape index (κ3) is 2.24. The van der Waals surface area contributed by atoms with Crippen molar-refractivity contribution in [2.75, 3.05) is 13.2 Å². The molecule has 0 amide bonds. The fourth-order valence-electron chi connectivity index (χ4n) is 2.01. The van der Waals surface area contributed by atoms with Crippen molar-refractivity contribution < 1.29 is 9.31 Å². The van der Waals surface area contributed by atoms with Crippen molar-refractivity contribution >= 4 is 23.6 Å². The van der Waals surface area contributed by atoms with Gasteiger partial charge in [0.15, 0.2) is 0 Å². The van der Waals surface area contributed by atoms with Crippen molar-refractivity contribution in [1.82, 2.24) is 9.97 Å². The van der Waals surface area contributed by atoms with Gasteiger partial charge >= 0.3 is 7.12 Å². The third-order valence-corrected chi connectivity index (χ3v) is 3.02. The average Bonchev–Trinajstić information content (AvgIpc) is 2.38. The van der Waals surface area contributed by atoms with Crippen LogP contribution in [-0.2, 0) is 9.31 Å². The number of aromatic nitrogens is 2. The summed E-state index contributed by atoms with van der Waals surface area (Å²) in [4.78, 5) is 8.54. The summed E-state index contributed by atoms with van der Waals surface area (Å²) in [5.41, 5.74) is 2.84. The maximum Gasteiger partial charge on any atom is 0.493 e. The van der Waals surface area contributed by atoms with Gasteiger partial charge < -0.3 is 9.31 Å². The molecule has 1 aliphatic heterocycles. The van der Waals surface area contributed by atoms with E-state index in [-0.39, 0.29) is 12.5 Å². The topological polar surface area (TPSA) is 44.2 Å². The standard InChI is InChI=1S/C13H15BN2O2/c1-13(2)8-17-14(18-9-13)10-3-4-11-12(7-10)16-6-5-15-11/h3-7H,8-9H2,1-2H3. The molecule has 1 aliphatic rings. The number of hydrogen-bond acceptors (Lipinski definition) is 4. The van der Waals surface area contributed by atoms with Crippen LogP contribution in [0.4, 0.5) is 0 Å². The summed E-state index contributed by atoms with van der Waals surface area (Å²) < 4.78 is 11.5. The van der Waals surface area contributed by atoms with Gasteiger partial charge in [-0.1, -0.05) is 19.9 Å². The van der Waals surface area contributed by atoms with Crippen LogP contribution in [0.15, 0.2) is 30.6 Å². The first-order valence-electron chi connectivity index (χ1n) is 6.08. The van der Waals surface area contributed by atoms with Crippen LogP contribution in [0.25, 0.3) is 11.0 Å². The molecule has 0 saturated carbocycles. The van der Waals surface area contributed by atoms with Gasteiger partial charge in [-0.2, -0.15) is 0 Å². The Balaban J connectivity index is 1.87. The SMILES string of the molecule is CC1(C)COB(c2ccc3nccnc3c2)OC1. The van der Waals surface area contributed by atoms with Gasteiger partial charge in [-0.15, -0.1) is 0 Å². The molecule has 2 heterocycles. The number of rotatable bonds is 1. The van der Waals surface area contributed by atoms with E-state index in [1.807, 2.05) is 18.2 Å². The molecule has 0 bridgehead atoms. The Morgan fingerprint density at radius 3 is 2.44 bits per heavy atom. The molecular weight excluding hydrogens is 227 g/mol. The van der Waals surface area contributed by atoms with E-state index in [4.69, 9.17) is 9.31 Å². The summed E-state index contributed by atoms with van der Waals surface area (Å²) in [6, 6.07) is 5.91. The van der Waals surface area contributed by atoms with Gasteiger partial charge in [-0.3, -0.25) is 9.97 Å². The second-order valence-electron chi connectivity index (χ2n) is 5.42. The first-order valence-corrected chi connectivity index (χ1v) is 6.08. The number of benzene rings is 1. The maximum atomic E-state index is 5.76. The van der Waals surface area contributed by atoms with Gasteiger partial charge in [0.2, 0.25) is 0 Å². The lowest BCUT2D eigenvalue weighted by atomic mass is 9.76. The second kappa shape index (κ2) is 4.33. The van der Waals surface area contributed by atoms with Crippen LogP contribution >= 0.6 is 0 Å². The molecule has 0 radical (unpaired) electrons. The molecule has 1 saturated heterocycles. The van der Waals surface area contributed by atoms with Gasteiger partial charge in [0.1, 0.15) is 0 Å². The highest BCUT2D eigenvalue weighted by Gasteiger charge is 2.33. The zero-order valence-corrected chi connectivity index (χ0v) is 10.6. The summed E-state index contributed by atoms with van der Waals surface area (Å²) in [7, 11) is -0.288. The highest BCUT2D eigenvalue weighted by atomic mass is 16.6. The fraction of sp³-hybridized carbons (Fsp3) is 0.385. The summed E-state index contributed by atoms with van der Waals surface area (Å²) in [5.74, 6) is 0. The summed E-state index contributed by atoms with van der Waals surface area (Å²) in [6.07, 6.45) is 3.38. The average molecular weight is 242 g/mol. The minimum absolute atomic E-state index is 0.0904. The molecule has 3 rings (SSSR count). The van der Waals surface area contributed by atoms with E-state index in [0.29, 0.717) is 13.2 Å². The molecular formula is C13H15BN2O2. The molecule has 0 N–H and O–H groups in total. The molecule has 92 valence electrons. The van der Waals surface area contributed by atoms with Crippen LogP contribution in [0.2, 0.25) is 0 Å². The van der Waals surface area contributed by atoms with E-state index in [1.165, 1.54) is 0 Å². The molecule has 18 heavy (non-hydrogen) atoms. The smallest absolute Gasteiger partial charge is 0.407 e. The summed E-state index contributed by atoms with van der Waals surface area (Å²) >= 11 is 0. The Bertz CT molecular complexity index is 564. The summed E-state index contributed by atoms with van der Waals surface area (Å²) in [5, 5.41) is 0. The minimum atomic E-state index is -0.288. The van der Waals surface area contributed by atoms with Crippen molar-refractivity contribution in [2.45, 2.75) is 13.8 Å². The molecule has 1 aromatic heterocycles. The monoisotopic (exact) mass is 242 g/mol. The minimum Gasteiger partial charge on any atom is -0.407 e. The quantitative estimate of drug-likeness (QED) is 0.709. The lowest BCUT2D eigenvalue weighted by molar-refractivity contribution is 0.0343. The first-order chi connectivity index (χ1) is 8.64. The van der Waals surface area contributed by atoms with E-state index in [0.717, 1.165) is 16.5 Å². The number of hydrogen-bond donors (Lipinski definition) is 0. The Labute approximate surface area is 106 Å². The van der Waals surface area contributed by atoms with Crippen molar-refractivity contribution in [2.24, 2.45) is 5.41 Å². The molecule has 1 aromatic carbocycles. The largest absolute Gasteiger partial charge is 0.493 e. The Morgan fingerprint density at radius 2 is 1.72 bits per heavy atom. The molecule has 0 aliphatic carbocycles. The summed E-state index contributed by atoms with van der Waals surface area (Å²) in [6.45, 7) is 5.68. The second-order valence-corrected chi connectivity index (χ2v) is 5.42. The lowest BCUT2D eigenvalue weighted by Crippen LogP contribution is -2.47. The molecule has 1 fully saturated rings.